The summed E-state index contributed by atoms with van der Waals surface area (Å²) in [6.07, 6.45) is 0. The first-order valence-corrected chi connectivity index (χ1v) is 16.5. The van der Waals surface area contributed by atoms with E-state index in [0.717, 1.165) is 49.0 Å². The van der Waals surface area contributed by atoms with Crippen molar-refractivity contribution in [2.45, 2.75) is 0 Å². The van der Waals surface area contributed by atoms with Gasteiger partial charge in [-0.05, 0) is 42.5 Å². The van der Waals surface area contributed by atoms with E-state index in [-0.39, 0.29) is 23.0 Å². The lowest BCUT2D eigenvalue weighted by Gasteiger charge is -2.10. The van der Waals surface area contributed by atoms with Crippen molar-refractivity contribution in [2.24, 2.45) is 0 Å². The van der Waals surface area contributed by atoms with Gasteiger partial charge >= 0.3 is 0 Å². The third kappa shape index (κ3) is 4.20. The summed E-state index contributed by atoms with van der Waals surface area (Å²) >= 11 is 0. The molecule has 0 unspecified atom stereocenters. The summed E-state index contributed by atoms with van der Waals surface area (Å²) in [5, 5.41) is 5.72. The van der Waals surface area contributed by atoms with Gasteiger partial charge in [0.25, 0.3) is 0 Å². The normalized spacial score (nSPS) is 13.3. The maximum atomic E-state index is 8.81. The third-order valence-corrected chi connectivity index (χ3v) is 9.56. The highest BCUT2D eigenvalue weighted by atomic mass is 16.3. The first-order chi connectivity index (χ1) is 27.4. The monoisotopic (exact) mass is 659 g/mol. The molecule has 4 heterocycles. The number of fused-ring (bicyclic) bond motifs is 9. The second kappa shape index (κ2) is 10.7. The molecule has 6 heteroatoms. The molecule has 0 aliphatic carbocycles. The van der Waals surface area contributed by atoms with Gasteiger partial charge in [-0.15, -0.1) is 0 Å². The molecule has 6 nitrogen and oxygen atoms in total. The van der Waals surface area contributed by atoms with Crippen molar-refractivity contribution >= 4 is 65.7 Å². The van der Waals surface area contributed by atoms with E-state index in [1.54, 1.807) is 0 Å². The lowest BCUT2D eigenvalue weighted by atomic mass is 10.0. The van der Waals surface area contributed by atoms with E-state index in [9.17, 15) is 0 Å². The second-order valence-electron chi connectivity index (χ2n) is 12.4. The van der Waals surface area contributed by atoms with Gasteiger partial charge in [0.2, 0.25) is 0 Å². The molecule has 238 valence electrons. The van der Waals surface area contributed by atoms with Crippen molar-refractivity contribution in [2.75, 3.05) is 0 Å². The van der Waals surface area contributed by atoms with Crippen molar-refractivity contribution in [3.05, 3.63) is 158 Å². The van der Waals surface area contributed by atoms with Crippen LogP contribution in [0, 0.1) is 0 Å². The van der Waals surface area contributed by atoms with Crippen molar-refractivity contribution in [3.63, 3.8) is 0 Å². The predicted molar refractivity (Wildman–Crippen MR) is 205 cm³/mol. The number of nitrogens with zero attached hydrogens (tertiary/aromatic N) is 4. The van der Waals surface area contributed by atoms with E-state index in [4.69, 9.17) is 30.6 Å². The fourth-order valence-corrected chi connectivity index (χ4v) is 7.35. The SMILES string of the molecule is [2H]c1c([2H])c([2H])c(-c2nc(-c3cccc4c3oc3ccccc34)nc(-c3cccc4oc5cc(-n6c7ccccc7c7ccccc76)ccc5c34)n2)c([2H])c1[2H]. The summed E-state index contributed by atoms with van der Waals surface area (Å²) in [6, 6.07) is 39.7. The molecule has 0 atom stereocenters. The lowest BCUT2D eigenvalue weighted by Crippen LogP contribution is -2.00. The zero-order valence-corrected chi connectivity index (χ0v) is 26.7. The van der Waals surface area contributed by atoms with Crippen molar-refractivity contribution in [1.29, 1.82) is 0 Å². The van der Waals surface area contributed by atoms with Crippen LogP contribution in [0.5, 0.6) is 0 Å². The summed E-state index contributed by atoms with van der Waals surface area (Å²) in [7, 11) is 0. The lowest BCUT2D eigenvalue weighted by molar-refractivity contribution is 0.668. The van der Waals surface area contributed by atoms with Crippen LogP contribution >= 0.6 is 0 Å². The minimum absolute atomic E-state index is 0.0615. The Kier molecular flexibility index (Phi) is 4.91. The Hall–Kier alpha value is -7.05. The Morgan fingerprint density at radius 1 is 0.471 bits per heavy atom. The van der Waals surface area contributed by atoms with Gasteiger partial charge in [0.15, 0.2) is 17.5 Å². The van der Waals surface area contributed by atoms with Crippen LogP contribution in [0.3, 0.4) is 0 Å². The molecule has 0 N–H and O–H groups in total. The highest BCUT2D eigenvalue weighted by Crippen LogP contribution is 2.40. The molecule has 0 radical (unpaired) electrons. The molecule has 0 saturated heterocycles. The van der Waals surface area contributed by atoms with Gasteiger partial charge in [0.05, 0.1) is 23.5 Å². The first kappa shape index (κ1) is 23.3. The number of hydrogen-bond acceptors (Lipinski definition) is 5. The van der Waals surface area contributed by atoms with Gasteiger partial charge in [0.1, 0.15) is 22.3 Å². The smallest absolute Gasteiger partial charge is 0.167 e. The predicted octanol–water partition coefficient (Wildman–Crippen LogP) is 11.8. The summed E-state index contributed by atoms with van der Waals surface area (Å²) in [5.41, 5.74) is 6.72. The first-order valence-electron chi connectivity index (χ1n) is 19.0. The summed E-state index contributed by atoms with van der Waals surface area (Å²) in [6.45, 7) is 0. The number of para-hydroxylation sites is 4. The van der Waals surface area contributed by atoms with Crippen LogP contribution in [-0.2, 0) is 0 Å². The summed E-state index contributed by atoms with van der Waals surface area (Å²) < 4.78 is 57.8. The molecule has 0 aliphatic heterocycles. The Bertz CT molecular complexity index is 3380. The van der Waals surface area contributed by atoms with E-state index < -0.39 is 30.2 Å². The third-order valence-electron chi connectivity index (χ3n) is 9.56. The molecule has 51 heavy (non-hydrogen) atoms. The summed E-state index contributed by atoms with van der Waals surface area (Å²) in [4.78, 5) is 14.7. The second-order valence-corrected chi connectivity index (χ2v) is 12.4. The molecule has 0 spiro atoms. The van der Waals surface area contributed by atoms with E-state index in [1.807, 2.05) is 84.9 Å². The zero-order valence-electron chi connectivity index (χ0n) is 31.7. The fourth-order valence-electron chi connectivity index (χ4n) is 7.35. The highest BCUT2D eigenvalue weighted by molar-refractivity contribution is 6.14. The van der Waals surface area contributed by atoms with E-state index in [2.05, 4.69) is 47.0 Å². The topological polar surface area (TPSA) is 69.9 Å². The van der Waals surface area contributed by atoms with Gasteiger partial charge in [-0.3, -0.25) is 0 Å². The van der Waals surface area contributed by atoms with Gasteiger partial charge in [-0.1, -0.05) is 109 Å². The Morgan fingerprint density at radius 2 is 1.10 bits per heavy atom. The number of benzene rings is 7. The molecule has 11 aromatic rings. The van der Waals surface area contributed by atoms with Gasteiger partial charge in [0, 0.05) is 55.2 Å². The van der Waals surface area contributed by atoms with Crippen LogP contribution in [0.4, 0.5) is 0 Å². The zero-order chi connectivity index (χ0) is 37.8. The van der Waals surface area contributed by atoms with Crippen LogP contribution in [0.2, 0.25) is 0 Å². The molecule has 0 saturated carbocycles. The molecular weight excluding hydrogens is 629 g/mol. The van der Waals surface area contributed by atoms with Crippen LogP contribution in [0.1, 0.15) is 6.85 Å². The maximum absolute atomic E-state index is 8.81. The van der Waals surface area contributed by atoms with Crippen LogP contribution in [0.25, 0.3) is 106 Å². The average Bonchev–Trinajstić information content (AvgIpc) is 3.91. The largest absolute Gasteiger partial charge is 0.456 e. The molecular formula is C45H26N4O2. The Labute approximate surface area is 297 Å². The molecule has 0 aliphatic rings. The molecule has 11 rings (SSSR count). The summed E-state index contributed by atoms with van der Waals surface area (Å²) in [5.74, 6) is 0.401. The fraction of sp³-hybridized carbons (Fsp3) is 0. The van der Waals surface area contributed by atoms with E-state index in [0.29, 0.717) is 33.5 Å². The van der Waals surface area contributed by atoms with E-state index in [1.165, 1.54) is 0 Å². The number of furan rings is 2. The number of rotatable bonds is 4. The van der Waals surface area contributed by atoms with Gasteiger partial charge < -0.3 is 13.4 Å². The Morgan fingerprint density at radius 3 is 1.90 bits per heavy atom. The maximum Gasteiger partial charge on any atom is 0.167 e. The minimum Gasteiger partial charge on any atom is -0.456 e. The molecule has 4 aromatic heterocycles. The highest BCUT2D eigenvalue weighted by Gasteiger charge is 2.21. The average molecular weight is 660 g/mol. The van der Waals surface area contributed by atoms with E-state index >= 15 is 0 Å². The van der Waals surface area contributed by atoms with Crippen LogP contribution in [-0.4, -0.2) is 19.5 Å². The number of aromatic nitrogens is 4. The van der Waals surface area contributed by atoms with Crippen molar-refractivity contribution in [3.8, 4) is 39.9 Å². The quantitative estimate of drug-likeness (QED) is 0.188. The standard InChI is InChI=1S/C45H26N4O2/c1-2-12-27(13-3-1)43-46-44(48-45(47-43)35-19-10-17-32-31-16-6-9-22-38(31)51-42(32)35)34-18-11-23-39-41(34)33-25-24-28(26-40(33)50-39)49-36-20-7-4-14-29(36)30-15-5-8-21-37(30)49/h1-26H/i1D,2D,3D,12D,13D. The van der Waals surface area contributed by atoms with Gasteiger partial charge in [-0.2, -0.15) is 0 Å². The Balaban J connectivity index is 1.17. The van der Waals surface area contributed by atoms with Crippen molar-refractivity contribution < 1.29 is 15.7 Å². The van der Waals surface area contributed by atoms with Gasteiger partial charge in [-0.25, -0.2) is 15.0 Å². The minimum atomic E-state index is -0.500. The molecule has 0 amide bonds. The molecule has 0 bridgehead atoms. The molecule has 0 fully saturated rings. The molecule has 7 aromatic carbocycles. The van der Waals surface area contributed by atoms with Crippen LogP contribution in [0.15, 0.2) is 166 Å². The van der Waals surface area contributed by atoms with Crippen molar-refractivity contribution in [1.82, 2.24) is 19.5 Å². The van der Waals surface area contributed by atoms with Crippen LogP contribution < -0.4 is 0 Å². The number of hydrogen-bond donors (Lipinski definition) is 0.